The number of anilines is 2. The van der Waals surface area contributed by atoms with Crippen molar-refractivity contribution < 1.29 is 0 Å². The zero-order chi connectivity index (χ0) is 23.7. The van der Waals surface area contributed by atoms with Crippen molar-refractivity contribution in [3.8, 4) is 22.3 Å². The number of benzene rings is 5. The standard InChI is InChI=1S/C33H22N2Si/c1-2-13-25(14-3-1)36-31-18-8-6-15-26(31)28-17-10-20-34-33(28)35(36)30-22-24-12-5-4-11-23(24)21-29(30)27-16-7-9-19-32(27)36/h1-22H. The molecule has 2 nitrogen and oxygen atoms in total. The van der Waals surface area contributed by atoms with Gasteiger partial charge in [0.25, 0.3) is 8.24 Å². The van der Waals surface area contributed by atoms with Gasteiger partial charge in [0.1, 0.15) is 5.82 Å². The van der Waals surface area contributed by atoms with Gasteiger partial charge in [0.15, 0.2) is 0 Å². The van der Waals surface area contributed by atoms with Crippen LogP contribution in [0.4, 0.5) is 11.5 Å². The van der Waals surface area contributed by atoms with Gasteiger partial charge in [-0.2, -0.15) is 0 Å². The lowest BCUT2D eigenvalue weighted by Crippen LogP contribution is -2.79. The first-order chi connectivity index (χ1) is 17.9. The summed E-state index contributed by atoms with van der Waals surface area (Å²) in [4.78, 5) is 5.09. The van der Waals surface area contributed by atoms with Gasteiger partial charge in [-0.15, -0.1) is 0 Å². The molecule has 168 valence electrons. The minimum absolute atomic E-state index is 1.05. The molecule has 3 heterocycles. The fraction of sp³-hybridized carbons (Fsp3) is 0. The fourth-order valence-electron chi connectivity index (χ4n) is 6.44. The summed E-state index contributed by atoms with van der Waals surface area (Å²) in [7, 11) is -2.74. The topological polar surface area (TPSA) is 16.1 Å². The molecule has 0 radical (unpaired) electrons. The number of nitrogens with zero attached hydrogens (tertiary/aromatic N) is 2. The van der Waals surface area contributed by atoms with Gasteiger partial charge in [0, 0.05) is 23.0 Å². The van der Waals surface area contributed by atoms with Crippen LogP contribution in [0.3, 0.4) is 0 Å². The average molecular weight is 475 g/mol. The monoisotopic (exact) mass is 474 g/mol. The highest BCUT2D eigenvalue weighted by atomic mass is 28.3. The minimum Gasteiger partial charge on any atom is -0.340 e. The Hall–Kier alpha value is -4.47. The second-order valence-electron chi connectivity index (χ2n) is 9.59. The summed E-state index contributed by atoms with van der Waals surface area (Å²) < 4.78 is 2.64. The van der Waals surface area contributed by atoms with Crippen LogP contribution in [0, 0.1) is 0 Å². The molecule has 5 aromatic carbocycles. The number of hydrogen-bond acceptors (Lipinski definition) is 2. The maximum Gasteiger partial charge on any atom is 0.260 e. The van der Waals surface area contributed by atoms with E-state index in [-0.39, 0.29) is 0 Å². The number of hydrogen-bond donors (Lipinski definition) is 0. The molecule has 6 aromatic rings. The van der Waals surface area contributed by atoms with Gasteiger partial charge in [0.2, 0.25) is 0 Å². The summed E-state index contributed by atoms with van der Waals surface area (Å²) in [6.45, 7) is 0. The van der Waals surface area contributed by atoms with E-state index in [0.29, 0.717) is 0 Å². The van der Waals surface area contributed by atoms with E-state index in [1.54, 1.807) is 0 Å². The average Bonchev–Trinajstić information content (AvgIpc) is 2.96. The zero-order valence-corrected chi connectivity index (χ0v) is 20.6. The van der Waals surface area contributed by atoms with Crippen LogP contribution in [-0.2, 0) is 0 Å². The van der Waals surface area contributed by atoms with Crippen LogP contribution in [-0.4, -0.2) is 13.2 Å². The second kappa shape index (κ2) is 7.26. The SMILES string of the molecule is c1ccc([Si]23c4ccccc4-c4cc5ccccc5cc4N2c2ncccc2-c2ccccc23)cc1. The van der Waals surface area contributed by atoms with Crippen LogP contribution in [0.2, 0.25) is 0 Å². The predicted octanol–water partition coefficient (Wildman–Crippen LogP) is 6.00. The molecule has 1 aromatic heterocycles. The highest BCUT2D eigenvalue weighted by Gasteiger charge is 2.55. The van der Waals surface area contributed by atoms with Gasteiger partial charge >= 0.3 is 0 Å². The van der Waals surface area contributed by atoms with E-state index in [9.17, 15) is 0 Å². The summed E-state index contributed by atoms with van der Waals surface area (Å²) in [6.07, 6.45) is 1.94. The molecule has 3 heteroatoms. The highest BCUT2D eigenvalue weighted by molar-refractivity contribution is 7.16. The molecule has 0 bridgehead atoms. The van der Waals surface area contributed by atoms with E-state index >= 15 is 0 Å². The molecule has 0 N–H and O–H groups in total. The molecule has 0 spiro atoms. The Morgan fingerprint density at radius 2 is 1.08 bits per heavy atom. The van der Waals surface area contributed by atoms with Crippen molar-refractivity contribution in [2.75, 3.05) is 4.57 Å². The highest BCUT2D eigenvalue weighted by Crippen LogP contribution is 2.49. The molecule has 36 heavy (non-hydrogen) atoms. The molecule has 0 saturated carbocycles. The Labute approximate surface area is 211 Å². The third kappa shape index (κ3) is 2.43. The number of rotatable bonds is 1. The first-order valence-electron chi connectivity index (χ1n) is 12.4. The van der Waals surface area contributed by atoms with Crippen LogP contribution in [0.25, 0.3) is 33.0 Å². The van der Waals surface area contributed by atoms with Crippen molar-refractivity contribution in [2.24, 2.45) is 0 Å². The van der Waals surface area contributed by atoms with Gasteiger partial charge in [-0.3, -0.25) is 0 Å². The van der Waals surface area contributed by atoms with Crippen LogP contribution in [0.15, 0.2) is 134 Å². The zero-order valence-electron chi connectivity index (χ0n) is 19.6. The molecule has 0 amide bonds. The van der Waals surface area contributed by atoms with Gasteiger partial charge in [-0.25, -0.2) is 4.98 Å². The lowest BCUT2D eigenvalue weighted by atomic mass is 9.97. The Bertz CT molecular complexity index is 1810. The van der Waals surface area contributed by atoms with Gasteiger partial charge in [0.05, 0.1) is 0 Å². The van der Waals surface area contributed by atoms with E-state index in [1.165, 1.54) is 54.3 Å². The third-order valence-electron chi connectivity index (χ3n) is 7.84. The number of aromatic nitrogens is 1. The van der Waals surface area contributed by atoms with Crippen LogP contribution in [0.5, 0.6) is 0 Å². The largest absolute Gasteiger partial charge is 0.340 e. The van der Waals surface area contributed by atoms with E-state index < -0.39 is 8.24 Å². The number of fused-ring (bicyclic) bond motifs is 12. The van der Waals surface area contributed by atoms with E-state index in [0.717, 1.165) is 5.82 Å². The first kappa shape index (κ1) is 19.8. The fourth-order valence-corrected chi connectivity index (χ4v) is 11.7. The van der Waals surface area contributed by atoms with E-state index in [4.69, 9.17) is 4.98 Å². The van der Waals surface area contributed by atoms with Crippen molar-refractivity contribution in [3.63, 3.8) is 0 Å². The Balaban J connectivity index is 1.63. The Kier molecular flexibility index (Phi) is 3.99. The molecule has 0 aliphatic carbocycles. The van der Waals surface area contributed by atoms with Crippen molar-refractivity contribution in [1.29, 1.82) is 0 Å². The molecule has 1 atom stereocenters. The Morgan fingerprint density at radius 1 is 0.500 bits per heavy atom. The molecular weight excluding hydrogens is 452 g/mol. The maximum absolute atomic E-state index is 5.09. The first-order valence-corrected chi connectivity index (χ1v) is 14.4. The molecule has 1 unspecified atom stereocenters. The molecule has 0 fully saturated rings. The summed E-state index contributed by atoms with van der Waals surface area (Å²) in [5.41, 5.74) is 6.35. The molecule has 2 aliphatic rings. The predicted molar refractivity (Wildman–Crippen MR) is 152 cm³/mol. The van der Waals surface area contributed by atoms with Crippen molar-refractivity contribution in [2.45, 2.75) is 0 Å². The summed E-state index contributed by atoms with van der Waals surface area (Å²) in [5, 5.41) is 6.73. The lowest BCUT2D eigenvalue weighted by Gasteiger charge is -2.52. The van der Waals surface area contributed by atoms with Crippen LogP contribution < -0.4 is 20.1 Å². The van der Waals surface area contributed by atoms with E-state index in [2.05, 4.69) is 132 Å². The molecule has 8 rings (SSSR count). The van der Waals surface area contributed by atoms with Gasteiger partial charge in [-0.05, 0) is 61.7 Å². The van der Waals surface area contributed by atoms with Gasteiger partial charge < -0.3 is 4.57 Å². The number of pyridine rings is 1. The summed E-state index contributed by atoms with van der Waals surface area (Å²) in [5.74, 6) is 1.05. The van der Waals surface area contributed by atoms with E-state index in [1.807, 2.05) is 6.20 Å². The van der Waals surface area contributed by atoms with Crippen LogP contribution in [0.1, 0.15) is 0 Å². The second-order valence-corrected chi connectivity index (χ2v) is 13.1. The maximum atomic E-state index is 5.09. The smallest absolute Gasteiger partial charge is 0.260 e. The summed E-state index contributed by atoms with van der Waals surface area (Å²) in [6, 6.07) is 47.0. The van der Waals surface area contributed by atoms with Crippen molar-refractivity contribution >= 4 is 46.1 Å². The van der Waals surface area contributed by atoms with Gasteiger partial charge in [-0.1, -0.05) is 103 Å². The quantitative estimate of drug-likeness (QED) is 0.272. The van der Waals surface area contributed by atoms with Crippen LogP contribution >= 0.6 is 0 Å². The normalized spacial score (nSPS) is 16.9. The Morgan fingerprint density at radius 3 is 1.83 bits per heavy atom. The summed E-state index contributed by atoms with van der Waals surface area (Å²) >= 11 is 0. The lowest BCUT2D eigenvalue weighted by molar-refractivity contribution is 1.21. The molecule has 0 saturated heterocycles. The van der Waals surface area contributed by atoms with Crippen molar-refractivity contribution in [3.05, 3.63) is 134 Å². The van der Waals surface area contributed by atoms with Crippen molar-refractivity contribution in [1.82, 2.24) is 4.98 Å². The minimum atomic E-state index is -2.74. The third-order valence-corrected chi connectivity index (χ3v) is 12.6. The molecular formula is C33H22N2Si. The molecule has 2 aliphatic heterocycles.